The molecule has 0 saturated carbocycles. The molecule has 112 valence electrons. The predicted octanol–water partition coefficient (Wildman–Crippen LogP) is 1.46. The Morgan fingerprint density at radius 2 is 1.86 bits per heavy atom. The molecule has 2 aromatic rings. The third-order valence-corrected chi connectivity index (χ3v) is 4.61. The van der Waals surface area contributed by atoms with E-state index < -0.39 is 16.1 Å². The number of nitrogens with two attached hydrogens (primary N) is 1. The van der Waals surface area contributed by atoms with Crippen LogP contribution in [0.1, 0.15) is 18.5 Å². The first-order valence-corrected chi connectivity index (χ1v) is 7.85. The second-order valence-electron chi connectivity index (χ2n) is 4.25. The molecular weight excluding hydrogens is 314 g/mol. The van der Waals surface area contributed by atoms with Crippen LogP contribution in [-0.4, -0.2) is 18.4 Å². The number of hydrogen-bond donors (Lipinski definition) is 3. The summed E-state index contributed by atoms with van der Waals surface area (Å²) in [5.74, 6) is 5.26. The van der Waals surface area contributed by atoms with Gasteiger partial charge in [0.25, 0.3) is 0 Å². The highest BCUT2D eigenvalue weighted by atomic mass is 35.5. The quantitative estimate of drug-likeness (QED) is 0.566. The Hall–Kier alpha value is -1.74. The lowest BCUT2D eigenvalue weighted by Gasteiger charge is -2.15. The number of sulfonamides is 1. The van der Waals surface area contributed by atoms with Crippen LogP contribution in [0.4, 0.5) is 5.95 Å². The molecule has 0 saturated heterocycles. The third-order valence-electron chi connectivity index (χ3n) is 2.77. The molecule has 0 bridgehead atoms. The molecule has 0 aliphatic heterocycles. The Labute approximate surface area is 127 Å². The minimum absolute atomic E-state index is 0.0552. The molecule has 2 rings (SSSR count). The van der Waals surface area contributed by atoms with Gasteiger partial charge in [0, 0.05) is 11.1 Å². The maximum Gasteiger partial charge on any atom is 0.244 e. The summed E-state index contributed by atoms with van der Waals surface area (Å²) in [6, 6.07) is 6.53. The Morgan fingerprint density at radius 1 is 1.24 bits per heavy atom. The number of anilines is 1. The van der Waals surface area contributed by atoms with Gasteiger partial charge < -0.3 is 0 Å². The van der Waals surface area contributed by atoms with Gasteiger partial charge in [-0.15, -0.1) is 0 Å². The minimum Gasteiger partial charge on any atom is -0.292 e. The highest BCUT2D eigenvalue weighted by molar-refractivity contribution is 7.89. The van der Waals surface area contributed by atoms with E-state index in [9.17, 15) is 8.42 Å². The Morgan fingerprint density at radius 3 is 2.43 bits per heavy atom. The summed E-state index contributed by atoms with van der Waals surface area (Å²) in [6.45, 7) is 1.70. The van der Waals surface area contributed by atoms with E-state index in [1.807, 2.05) is 0 Å². The van der Waals surface area contributed by atoms with Crippen LogP contribution >= 0.6 is 11.6 Å². The second-order valence-corrected chi connectivity index (χ2v) is 6.37. The van der Waals surface area contributed by atoms with E-state index in [-0.39, 0.29) is 10.8 Å². The molecule has 21 heavy (non-hydrogen) atoms. The number of nitrogen functional groups attached to an aromatic ring is 1. The normalized spacial score (nSPS) is 12.9. The molecule has 0 aliphatic rings. The average Bonchev–Trinajstić information content (AvgIpc) is 2.47. The molecule has 0 aliphatic carbocycles. The van der Waals surface area contributed by atoms with Crippen molar-refractivity contribution < 1.29 is 8.42 Å². The maximum absolute atomic E-state index is 12.2. The van der Waals surface area contributed by atoms with Crippen molar-refractivity contribution in [3.05, 3.63) is 47.2 Å². The first kappa shape index (κ1) is 15.6. The van der Waals surface area contributed by atoms with Crippen molar-refractivity contribution in [3.63, 3.8) is 0 Å². The molecule has 0 radical (unpaired) electrons. The van der Waals surface area contributed by atoms with Gasteiger partial charge in [-0.3, -0.25) is 5.43 Å². The molecule has 7 nitrogen and oxygen atoms in total. The summed E-state index contributed by atoms with van der Waals surface area (Å²) in [5, 5.41) is 0.492. The predicted molar refractivity (Wildman–Crippen MR) is 80.0 cm³/mol. The van der Waals surface area contributed by atoms with Crippen molar-refractivity contribution in [2.24, 2.45) is 5.84 Å². The molecule has 9 heteroatoms. The number of hydrazine groups is 1. The minimum atomic E-state index is -3.75. The van der Waals surface area contributed by atoms with E-state index in [4.69, 9.17) is 17.4 Å². The lowest BCUT2D eigenvalue weighted by molar-refractivity contribution is 0.566. The van der Waals surface area contributed by atoms with E-state index in [0.717, 1.165) is 0 Å². The third kappa shape index (κ3) is 3.67. The van der Waals surface area contributed by atoms with E-state index in [1.54, 1.807) is 31.2 Å². The number of benzene rings is 1. The Balaban J connectivity index is 2.22. The molecular formula is C12H14ClN5O2S. The van der Waals surface area contributed by atoms with Crippen molar-refractivity contribution in [3.8, 4) is 0 Å². The zero-order chi connectivity index (χ0) is 15.5. The molecule has 4 N–H and O–H groups in total. The summed E-state index contributed by atoms with van der Waals surface area (Å²) in [6.07, 6.45) is 2.34. The Kier molecular flexibility index (Phi) is 4.73. The fourth-order valence-electron chi connectivity index (χ4n) is 1.72. The number of nitrogens with one attached hydrogen (secondary N) is 2. The average molecular weight is 328 g/mol. The van der Waals surface area contributed by atoms with Gasteiger partial charge in [-0.1, -0.05) is 29.8 Å². The number of nitrogens with zero attached hydrogens (tertiary/aromatic N) is 2. The van der Waals surface area contributed by atoms with Crippen LogP contribution in [0, 0.1) is 0 Å². The van der Waals surface area contributed by atoms with Gasteiger partial charge in [0.05, 0.1) is 12.4 Å². The Bertz CT molecular complexity index is 721. The van der Waals surface area contributed by atoms with E-state index >= 15 is 0 Å². The van der Waals surface area contributed by atoms with Crippen LogP contribution in [0.3, 0.4) is 0 Å². The van der Waals surface area contributed by atoms with Gasteiger partial charge in [-0.25, -0.2) is 29.0 Å². The number of aromatic nitrogens is 2. The summed E-state index contributed by atoms with van der Waals surface area (Å²) in [4.78, 5) is 7.48. The van der Waals surface area contributed by atoms with Gasteiger partial charge in [0.15, 0.2) is 0 Å². The zero-order valence-electron chi connectivity index (χ0n) is 11.1. The van der Waals surface area contributed by atoms with Crippen LogP contribution in [0.2, 0.25) is 5.02 Å². The molecule has 1 atom stereocenters. The van der Waals surface area contributed by atoms with Crippen LogP contribution in [0.15, 0.2) is 41.6 Å². The molecule has 0 spiro atoms. The molecule has 1 unspecified atom stereocenters. The largest absolute Gasteiger partial charge is 0.292 e. The second kappa shape index (κ2) is 6.35. The molecule has 0 fully saturated rings. The van der Waals surface area contributed by atoms with Crippen molar-refractivity contribution in [1.29, 1.82) is 0 Å². The van der Waals surface area contributed by atoms with Gasteiger partial charge in [-0.05, 0) is 18.6 Å². The van der Waals surface area contributed by atoms with Gasteiger partial charge in [-0.2, -0.15) is 0 Å². The van der Waals surface area contributed by atoms with E-state index in [0.29, 0.717) is 10.6 Å². The summed E-state index contributed by atoms with van der Waals surface area (Å²) in [7, 11) is -3.75. The standard InChI is InChI=1S/C12H14ClN5O2S/c1-8(10-4-2-3-5-11(10)13)18-21(19,20)9-6-15-12(17-14)16-7-9/h2-8,18H,14H2,1H3,(H,15,16,17). The lowest BCUT2D eigenvalue weighted by atomic mass is 10.1. The number of halogens is 1. The smallest absolute Gasteiger partial charge is 0.244 e. The number of hydrogen-bond acceptors (Lipinski definition) is 6. The SMILES string of the molecule is CC(NS(=O)(=O)c1cnc(NN)nc1)c1ccccc1Cl. The number of rotatable bonds is 5. The van der Waals surface area contributed by atoms with Gasteiger partial charge >= 0.3 is 0 Å². The molecule has 1 heterocycles. The van der Waals surface area contributed by atoms with Gasteiger partial charge in [0.1, 0.15) is 4.90 Å². The molecule has 1 aromatic heterocycles. The fourth-order valence-corrected chi connectivity index (χ4v) is 3.13. The zero-order valence-corrected chi connectivity index (χ0v) is 12.7. The topological polar surface area (TPSA) is 110 Å². The van der Waals surface area contributed by atoms with E-state index in [2.05, 4.69) is 20.1 Å². The van der Waals surface area contributed by atoms with Crippen molar-refractivity contribution >= 4 is 27.6 Å². The van der Waals surface area contributed by atoms with Crippen LogP contribution in [0.25, 0.3) is 0 Å². The highest BCUT2D eigenvalue weighted by Crippen LogP contribution is 2.23. The van der Waals surface area contributed by atoms with Crippen molar-refractivity contribution in [2.45, 2.75) is 17.9 Å². The summed E-state index contributed by atoms with van der Waals surface area (Å²) in [5.41, 5.74) is 2.91. The monoisotopic (exact) mass is 327 g/mol. The van der Waals surface area contributed by atoms with Crippen LogP contribution < -0.4 is 16.0 Å². The fraction of sp³-hybridized carbons (Fsp3) is 0.167. The first-order chi connectivity index (χ1) is 9.94. The van der Waals surface area contributed by atoms with Crippen LogP contribution in [0.5, 0.6) is 0 Å². The van der Waals surface area contributed by atoms with Crippen molar-refractivity contribution in [1.82, 2.24) is 14.7 Å². The van der Waals surface area contributed by atoms with Crippen molar-refractivity contribution in [2.75, 3.05) is 5.43 Å². The lowest BCUT2D eigenvalue weighted by Crippen LogP contribution is -2.27. The highest BCUT2D eigenvalue weighted by Gasteiger charge is 2.20. The maximum atomic E-state index is 12.2. The first-order valence-electron chi connectivity index (χ1n) is 5.99. The van der Waals surface area contributed by atoms with Gasteiger partial charge in [0.2, 0.25) is 16.0 Å². The summed E-state index contributed by atoms with van der Waals surface area (Å²) < 4.78 is 27.0. The van der Waals surface area contributed by atoms with E-state index in [1.165, 1.54) is 12.4 Å². The summed E-state index contributed by atoms with van der Waals surface area (Å²) >= 11 is 6.05. The molecule has 1 aromatic carbocycles. The molecule has 0 amide bonds. The van der Waals surface area contributed by atoms with Crippen LogP contribution in [-0.2, 0) is 10.0 Å².